The molecule has 0 unspecified atom stereocenters. The fourth-order valence-electron chi connectivity index (χ4n) is 3.85. The highest BCUT2D eigenvalue weighted by atomic mass is 35.5. The Kier molecular flexibility index (Phi) is 6.33. The third-order valence-corrected chi connectivity index (χ3v) is 5.98. The molecule has 1 saturated heterocycles. The quantitative estimate of drug-likeness (QED) is 0.343. The molecule has 4 aromatic rings. The maximum absolute atomic E-state index is 6.50. The van der Waals surface area contributed by atoms with Crippen molar-refractivity contribution in [3.63, 3.8) is 0 Å². The molecule has 2 atom stereocenters. The standard InChI is InChI=1S/C25H21Cl2N3O3/c26-20-8-11-23(24(27)12-20)25(15-30-17-28-16-29-30)32-14-22(33-25)13-31-21-9-6-19(7-10-21)18-4-2-1-3-5-18/h1-12,16-17,22H,13-15H2/t22-,25+/m0/s1. The van der Waals surface area contributed by atoms with E-state index in [2.05, 4.69) is 22.2 Å². The molecule has 1 aromatic heterocycles. The van der Waals surface area contributed by atoms with Crippen LogP contribution in [-0.2, 0) is 21.8 Å². The van der Waals surface area contributed by atoms with Gasteiger partial charge in [-0.05, 0) is 35.4 Å². The molecule has 8 heteroatoms. The third-order valence-electron chi connectivity index (χ3n) is 5.43. The lowest BCUT2D eigenvalue weighted by Gasteiger charge is -2.29. The van der Waals surface area contributed by atoms with Gasteiger partial charge in [0.1, 0.15) is 37.7 Å². The van der Waals surface area contributed by atoms with E-state index in [4.69, 9.17) is 37.4 Å². The van der Waals surface area contributed by atoms with Crippen molar-refractivity contribution in [1.82, 2.24) is 14.8 Å². The maximum atomic E-state index is 6.50. The van der Waals surface area contributed by atoms with E-state index >= 15 is 0 Å². The number of halogens is 2. The van der Waals surface area contributed by atoms with E-state index in [0.29, 0.717) is 28.8 Å². The Bertz CT molecular complexity index is 1200. The lowest BCUT2D eigenvalue weighted by Crippen LogP contribution is -2.35. The molecule has 0 saturated carbocycles. The van der Waals surface area contributed by atoms with Crippen molar-refractivity contribution in [2.45, 2.75) is 18.4 Å². The number of hydrogen-bond acceptors (Lipinski definition) is 5. The zero-order chi connectivity index (χ0) is 22.7. The summed E-state index contributed by atoms with van der Waals surface area (Å²) in [6.07, 6.45) is 2.77. The number of hydrogen-bond donors (Lipinski definition) is 0. The van der Waals surface area contributed by atoms with E-state index in [1.54, 1.807) is 23.1 Å². The van der Waals surface area contributed by atoms with Crippen molar-refractivity contribution in [3.8, 4) is 16.9 Å². The van der Waals surface area contributed by atoms with Gasteiger partial charge in [-0.15, -0.1) is 0 Å². The highest BCUT2D eigenvalue weighted by Crippen LogP contribution is 2.40. The van der Waals surface area contributed by atoms with Crippen LogP contribution in [0.4, 0.5) is 0 Å². The van der Waals surface area contributed by atoms with Crippen LogP contribution in [0.25, 0.3) is 11.1 Å². The summed E-state index contributed by atoms with van der Waals surface area (Å²) in [7, 11) is 0. The number of aromatic nitrogens is 3. The van der Waals surface area contributed by atoms with E-state index in [-0.39, 0.29) is 12.6 Å². The molecule has 6 nitrogen and oxygen atoms in total. The Labute approximate surface area is 201 Å². The van der Waals surface area contributed by atoms with Crippen LogP contribution in [0.3, 0.4) is 0 Å². The van der Waals surface area contributed by atoms with Crippen molar-refractivity contribution < 1.29 is 14.2 Å². The zero-order valence-electron chi connectivity index (χ0n) is 17.6. The second-order valence-electron chi connectivity index (χ2n) is 7.72. The zero-order valence-corrected chi connectivity index (χ0v) is 19.1. The average Bonchev–Trinajstić information content (AvgIpc) is 3.49. The van der Waals surface area contributed by atoms with E-state index < -0.39 is 5.79 Å². The second-order valence-corrected chi connectivity index (χ2v) is 8.57. The summed E-state index contributed by atoms with van der Waals surface area (Å²) < 4.78 is 20.2. The van der Waals surface area contributed by atoms with Gasteiger partial charge in [0.2, 0.25) is 5.79 Å². The first-order valence-corrected chi connectivity index (χ1v) is 11.2. The third kappa shape index (κ3) is 4.89. The molecule has 5 rings (SSSR count). The Hall–Kier alpha value is -2.90. The van der Waals surface area contributed by atoms with Crippen LogP contribution in [0, 0.1) is 0 Å². The molecule has 0 amide bonds. The number of benzene rings is 3. The van der Waals surface area contributed by atoms with Crippen LogP contribution in [0.1, 0.15) is 5.56 Å². The molecule has 1 aliphatic heterocycles. The molecule has 1 aliphatic rings. The van der Waals surface area contributed by atoms with E-state index in [1.807, 2.05) is 48.5 Å². The van der Waals surface area contributed by atoms with Gasteiger partial charge in [-0.3, -0.25) is 0 Å². The summed E-state index contributed by atoms with van der Waals surface area (Å²) in [5.74, 6) is -0.364. The fourth-order valence-corrected chi connectivity index (χ4v) is 4.40. The summed E-state index contributed by atoms with van der Waals surface area (Å²) >= 11 is 12.6. The van der Waals surface area contributed by atoms with Crippen LogP contribution < -0.4 is 4.74 Å². The largest absolute Gasteiger partial charge is 0.491 e. The van der Waals surface area contributed by atoms with Gasteiger partial charge in [0.15, 0.2) is 0 Å². The Morgan fingerprint density at radius 3 is 2.52 bits per heavy atom. The van der Waals surface area contributed by atoms with Gasteiger partial charge in [0, 0.05) is 10.6 Å². The minimum atomic E-state index is -1.12. The van der Waals surface area contributed by atoms with E-state index in [0.717, 1.165) is 16.9 Å². The first-order chi connectivity index (χ1) is 16.1. The second kappa shape index (κ2) is 9.53. The fraction of sp³-hybridized carbons (Fsp3) is 0.200. The molecule has 33 heavy (non-hydrogen) atoms. The molecule has 1 fully saturated rings. The minimum absolute atomic E-state index is 0.288. The number of ether oxygens (including phenoxy) is 3. The normalized spacial score (nSPS) is 20.1. The SMILES string of the molecule is Clc1ccc([C@]2(Cn3cncn3)OC[C@H](COc3ccc(-c4ccccc4)cc3)O2)c(Cl)c1. The average molecular weight is 482 g/mol. The Morgan fingerprint density at radius 1 is 1.00 bits per heavy atom. The van der Waals surface area contributed by atoms with Gasteiger partial charge >= 0.3 is 0 Å². The molecule has 0 aliphatic carbocycles. The first kappa shape index (κ1) is 21.9. The predicted molar refractivity (Wildman–Crippen MR) is 126 cm³/mol. The number of nitrogens with zero attached hydrogens (tertiary/aromatic N) is 3. The van der Waals surface area contributed by atoms with Gasteiger partial charge in [0.25, 0.3) is 0 Å². The van der Waals surface area contributed by atoms with Gasteiger partial charge in [0.05, 0.1) is 11.6 Å². The van der Waals surface area contributed by atoms with E-state index in [1.165, 1.54) is 6.33 Å². The Balaban J connectivity index is 1.29. The molecule has 0 bridgehead atoms. The van der Waals surface area contributed by atoms with Gasteiger partial charge in [-0.1, -0.05) is 71.7 Å². The molecule has 2 heterocycles. The highest BCUT2D eigenvalue weighted by molar-refractivity contribution is 6.35. The topological polar surface area (TPSA) is 58.4 Å². The summed E-state index contributed by atoms with van der Waals surface area (Å²) in [6.45, 7) is 0.960. The molecular weight excluding hydrogens is 461 g/mol. The predicted octanol–water partition coefficient (Wildman–Crippen LogP) is 5.60. The monoisotopic (exact) mass is 481 g/mol. The van der Waals surface area contributed by atoms with Gasteiger partial charge in [-0.25, -0.2) is 9.67 Å². The first-order valence-electron chi connectivity index (χ1n) is 10.5. The summed E-state index contributed by atoms with van der Waals surface area (Å²) in [4.78, 5) is 4.01. The van der Waals surface area contributed by atoms with Crippen LogP contribution in [-0.4, -0.2) is 34.1 Å². The summed E-state index contributed by atoms with van der Waals surface area (Å²) in [5.41, 5.74) is 2.97. The minimum Gasteiger partial charge on any atom is -0.491 e. The Morgan fingerprint density at radius 2 is 1.79 bits per heavy atom. The summed E-state index contributed by atoms with van der Waals surface area (Å²) in [5, 5.41) is 5.19. The molecule has 0 radical (unpaired) electrons. The van der Waals surface area contributed by atoms with Crippen LogP contribution in [0.5, 0.6) is 5.75 Å². The molecule has 3 aromatic carbocycles. The highest BCUT2D eigenvalue weighted by Gasteiger charge is 2.45. The van der Waals surface area contributed by atoms with Crippen LogP contribution in [0.2, 0.25) is 10.0 Å². The smallest absolute Gasteiger partial charge is 0.217 e. The van der Waals surface area contributed by atoms with Crippen LogP contribution in [0.15, 0.2) is 85.5 Å². The number of rotatable bonds is 7. The van der Waals surface area contributed by atoms with Crippen molar-refractivity contribution in [2.24, 2.45) is 0 Å². The van der Waals surface area contributed by atoms with Crippen molar-refractivity contribution in [3.05, 3.63) is 101 Å². The van der Waals surface area contributed by atoms with Crippen molar-refractivity contribution >= 4 is 23.2 Å². The summed E-state index contributed by atoms with van der Waals surface area (Å²) in [6, 6.07) is 23.4. The molecule has 168 valence electrons. The molecule has 0 spiro atoms. The lowest BCUT2D eigenvalue weighted by atomic mass is 10.1. The van der Waals surface area contributed by atoms with Crippen molar-refractivity contribution in [1.29, 1.82) is 0 Å². The van der Waals surface area contributed by atoms with Crippen LogP contribution >= 0.6 is 23.2 Å². The van der Waals surface area contributed by atoms with Gasteiger partial charge in [-0.2, -0.15) is 5.10 Å². The lowest BCUT2D eigenvalue weighted by molar-refractivity contribution is -0.190. The molecule has 0 N–H and O–H groups in total. The van der Waals surface area contributed by atoms with Crippen molar-refractivity contribution in [2.75, 3.05) is 13.2 Å². The van der Waals surface area contributed by atoms with Gasteiger partial charge < -0.3 is 14.2 Å². The molecular formula is C25H21Cl2N3O3. The maximum Gasteiger partial charge on any atom is 0.217 e. The van der Waals surface area contributed by atoms with E-state index in [9.17, 15) is 0 Å².